The summed E-state index contributed by atoms with van der Waals surface area (Å²) >= 11 is 5.68. The number of halogens is 1. The van der Waals surface area contributed by atoms with Gasteiger partial charge in [0.2, 0.25) is 11.1 Å². The highest BCUT2D eigenvalue weighted by molar-refractivity contribution is 6.32. The van der Waals surface area contributed by atoms with Crippen molar-refractivity contribution in [2.45, 2.75) is 13.3 Å². The number of nitrogens with zero attached hydrogens (tertiary/aromatic N) is 3. The standard InChI is InChI=1S/C12H13ClN4O4/c1-12(11(14)19)3-5-16(6-12)10(18)7-2-4-15-9(13)8(7)17(20)21/h2,4H,3,5-6H2,1H3,(H2,14,19). The van der Waals surface area contributed by atoms with E-state index in [1.165, 1.54) is 17.2 Å². The van der Waals surface area contributed by atoms with Crippen LogP contribution in [0, 0.1) is 15.5 Å². The second kappa shape index (κ2) is 5.28. The third-order valence-corrected chi connectivity index (χ3v) is 3.92. The number of rotatable bonds is 3. The SMILES string of the molecule is CC1(C(N)=O)CCN(C(=O)c2ccnc(Cl)c2[N+](=O)[O-])C1. The number of carbonyl (C=O) groups is 2. The van der Waals surface area contributed by atoms with E-state index in [1.807, 2.05) is 0 Å². The van der Waals surface area contributed by atoms with E-state index in [1.54, 1.807) is 6.92 Å². The van der Waals surface area contributed by atoms with Crippen molar-refractivity contribution in [2.75, 3.05) is 13.1 Å². The number of hydrogen-bond acceptors (Lipinski definition) is 5. The first-order valence-electron chi connectivity index (χ1n) is 6.14. The topological polar surface area (TPSA) is 119 Å². The summed E-state index contributed by atoms with van der Waals surface area (Å²) in [5.41, 5.74) is 3.83. The van der Waals surface area contributed by atoms with Crippen LogP contribution >= 0.6 is 11.6 Å². The van der Waals surface area contributed by atoms with E-state index in [4.69, 9.17) is 17.3 Å². The van der Waals surface area contributed by atoms with Crippen molar-refractivity contribution in [3.63, 3.8) is 0 Å². The van der Waals surface area contributed by atoms with Crippen LogP contribution in [0.25, 0.3) is 0 Å². The van der Waals surface area contributed by atoms with Gasteiger partial charge in [0.15, 0.2) is 0 Å². The minimum absolute atomic E-state index is 0.123. The molecular formula is C12H13ClN4O4. The van der Waals surface area contributed by atoms with Crippen LogP contribution in [0.15, 0.2) is 12.3 Å². The zero-order valence-electron chi connectivity index (χ0n) is 11.2. The van der Waals surface area contributed by atoms with Gasteiger partial charge in [0, 0.05) is 19.3 Å². The lowest BCUT2D eigenvalue weighted by atomic mass is 9.89. The number of amides is 2. The van der Waals surface area contributed by atoms with Crippen molar-refractivity contribution in [1.29, 1.82) is 0 Å². The Hall–Kier alpha value is -2.22. The van der Waals surface area contributed by atoms with Gasteiger partial charge in [0.1, 0.15) is 5.56 Å². The molecule has 0 aromatic carbocycles. The first-order chi connectivity index (χ1) is 9.76. The summed E-state index contributed by atoms with van der Waals surface area (Å²) in [6.45, 7) is 2.09. The second-order valence-corrected chi connectivity index (χ2v) is 5.51. The van der Waals surface area contributed by atoms with Crippen molar-refractivity contribution < 1.29 is 14.5 Å². The maximum Gasteiger partial charge on any atom is 0.319 e. The molecule has 1 atom stereocenters. The smallest absolute Gasteiger partial charge is 0.319 e. The van der Waals surface area contributed by atoms with Gasteiger partial charge in [-0.3, -0.25) is 19.7 Å². The van der Waals surface area contributed by atoms with E-state index < -0.39 is 27.8 Å². The third-order valence-electron chi connectivity index (χ3n) is 3.65. The van der Waals surface area contributed by atoms with Crippen LogP contribution in [-0.2, 0) is 4.79 Å². The number of carbonyl (C=O) groups excluding carboxylic acids is 2. The number of likely N-dealkylation sites (tertiary alicyclic amines) is 1. The lowest BCUT2D eigenvalue weighted by Gasteiger charge is -2.21. The van der Waals surface area contributed by atoms with Crippen molar-refractivity contribution in [2.24, 2.45) is 11.1 Å². The van der Waals surface area contributed by atoms with E-state index in [0.29, 0.717) is 13.0 Å². The highest BCUT2D eigenvalue weighted by Crippen LogP contribution is 2.33. The highest BCUT2D eigenvalue weighted by Gasteiger charge is 2.42. The van der Waals surface area contributed by atoms with Crippen LogP contribution in [0.1, 0.15) is 23.7 Å². The molecule has 112 valence electrons. The maximum absolute atomic E-state index is 12.4. The summed E-state index contributed by atoms with van der Waals surface area (Å²) in [6, 6.07) is 1.24. The maximum atomic E-state index is 12.4. The van der Waals surface area contributed by atoms with Crippen LogP contribution < -0.4 is 5.73 Å². The van der Waals surface area contributed by atoms with Crippen molar-refractivity contribution in [3.05, 3.63) is 33.1 Å². The Morgan fingerprint density at radius 1 is 1.57 bits per heavy atom. The highest BCUT2D eigenvalue weighted by atomic mass is 35.5. The molecule has 1 saturated heterocycles. The van der Waals surface area contributed by atoms with Gasteiger partial charge in [-0.05, 0) is 19.4 Å². The van der Waals surface area contributed by atoms with Crippen LogP contribution in [-0.4, -0.2) is 39.7 Å². The van der Waals surface area contributed by atoms with E-state index in [2.05, 4.69) is 4.98 Å². The molecule has 1 aromatic rings. The van der Waals surface area contributed by atoms with Gasteiger partial charge in [0.25, 0.3) is 5.91 Å². The van der Waals surface area contributed by atoms with Gasteiger partial charge in [0.05, 0.1) is 10.3 Å². The average Bonchev–Trinajstić information content (AvgIpc) is 2.81. The van der Waals surface area contributed by atoms with E-state index in [9.17, 15) is 19.7 Å². The molecule has 8 nitrogen and oxygen atoms in total. The Morgan fingerprint density at radius 3 is 2.76 bits per heavy atom. The van der Waals surface area contributed by atoms with E-state index in [-0.39, 0.29) is 17.3 Å². The predicted molar refractivity (Wildman–Crippen MR) is 73.7 cm³/mol. The molecule has 1 aliphatic rings. The monoisotopic (exact) mass is 312 g/mol. The molecule has 2 amide bonds. The molecule has 21 heavy (non-hydrogen) atoms. The van der Waals surface area contributed by atoms with Crippen LogP contribution in [0.3, 0.4) is 0 Å². The van der Waals surface area contributed by atoms with Gasteiger partial charge >= 0.3 is 5.69 Å². The van der Waals surface area contributed by atoms with Gasteiger partial charge in [-0.25, -0.2) is 4.98 Å². The lowest BCUT2D eigenvalue weighted by Crippen LogP contribution is -2.38. The van der Waals surface area contributed by atoms with Crippen LogP contribution in [0.5, 0.6) is 0 Å². The van der Waals surface area contributed by atoms with Crippen LogP contribution in [0.4, 0.5) is 5.69 Å². The average molecular weight is 313 g/mol. The van der Waals surface area contributed by atoms with Crippen molar-refractivity contribution in [1.82, 2.24) is 9.88 Å². The molecule has 0 spiro atoms. The lowest BCUT2D eigenvalue weighted by molar-refractivity contribution is -0.385. The van der Waals surface area contributed by atoms with Gasteiger partial charge in [-0.15, -0.1) is 0 Å². The number of nitrogens with two attached hydrogens (primary N) is 1. The summed E-state index contributed by atoms with van der Waals surface area (Å²) in [6.07, 6.45) is 1.65. The number of pyridine rings is 1. The summed E-state index contributed by atoms with van der Waals surface area (Å²) in [4.78, 5) is 39.1. The first kappa shape index (κ1) is 15.2. The molecule has 0 bridgehead atoms. The summed E-state index contributed by atoms with van der Waals surface area (Å²) < 4.78 is 0. The van der Waals surface area contributed by atoms with E-state index in [0.717, 1.165) is 0 Å². The van der Waals surface area contributed by atoms with Crippen LogP contribution in [0.2, 0.25) is 5.15 Å². The van der Waals surface area contributed by atoms with Gasteiger partial charge < -0.3 is 10.6 Å². The molecule has 2 rings (SSSR count). The number of hydrogen-bond donors (Lipinski definition) is 1. The van der Waals surface area contributed by atoms with Crippen molar-refractivity contribution in [3.8, 4) is 0 Å². The fourth-order valence-electron chi connectivity index (χ4n) is 2.28. The molecule has 0 radical (unpaired) electrons. The Labute approximate surface area is 125 Å². The molecule has 1 fully saturated rings. The summed E-state index contributed by atoms with van der Waals surface area (Å²) in [7, 11) is 0. The molecule has 2 N–H and O–H groups in total. The number of nitro groups is 1. The molecule has 0 saturated carbocycles. The Balaban J connectivity index is 2.33. The van der Waals surface area contributed by atoms with E-state index >= 15 is 0 Å². The number of aromatic nitrogens is 1. The Morgan fingerprint density at radius 2 is 2.24 bits per heavy atom. The zero-order chi connectivity index (χ0) is 15.8. The van der Waals surface area contributed by atoms with Gasteiger partial charge in [-0.1, -0.05) is 11.6 Å². The molecule has 9 heteroatoms. The fraction of sp³-hybridized carbons (Fsp3) is 0.417. The second-order valence-electron chi connectivity index (χ2n) is 5.16. The Kier molecular flexibility index (Phi) is 3.82. The summed E-state index contributed by atoms with van der Waals surface area (Å²) in [5, 5.41) is 10.7. The number of primary amides is 1. The Bertz CT molecular complexity index is 636. The largest absolute Gasteiger partial charge is 0.369 e. The normalized spacial score (nSPS) is 21.3. The molecule has 0 aliphatic carbocycles. The molecule has 1 aliphatic heterocycles. The van der Waals surface area contributed by atoms with Gasteiger partial charge in [-0.2, -0.15) is 0 Å². The zero-order valence-corrected chi connectivity index (χ0v) is 12.0. The third kappa shape index (κ3) is 2.66. The summed E-state index contributed by atoms with van der Waals surface area (Å²) in [5.74, 6) is -1.06. The molecule has 1 unspecified atom stereocenters. The molecular weight excluding hydrogens is 300 g/mol. The van der Waals surface area contributed by atoms with Crippen molar-refractivity contribution >= 4 is 29.1 Å². The quantitative estimate of drug-likeness (QED) is 0.507. The molecule has 2 heterocycles. The fourth-order valence-corrected chi connectivity index (χ4v) is 2.51. The molecule has 1 aromatic heterocycles. The first-order valence-corrected chi connectivity index (χ1v) is 6.52. The minimum atomic E-state index is -0.818. The predicted octanol–water partition coefficient (Wildman–Crippen LogP) is 0.981. The minimum Gasteiger partial charge on any atom is -0.369 e.